The molecule has 5 rings (SSSR count). The summed E-state index contributed by atoms with van der Waals surface area (Å²) in [4.78, 5) is 12.3. The van der Waals surface area contributed by atoms with Crippen LogP contribution in [0.5, 0.6) is 11.5 Å². The van der Waals surface area contributed by atoms with Gasteiger partial charge in [0.15, 0.2) is 0 Å². The number of carbonyl (C=O) groups is 1. The lowest BCUT2D eigenvalue weighted by Gasteiger charge is -2.15. The Balaban J connectivity index is 0.000000257. The molecule has 0 fully saturated rings. The summed E-state index contributed by atoms with van der Waals surface area (Å²) in [7, 11) is 1.58. The lowest BCUT2D eigenvalue weighted by atomic mass is 10.0. The molecular weight excluding hydrogens is 611 g/mol. The first-order valence-electron chi connectivity index (χ1n) is 16.0. The van der Waals surface area contributed by atoms with Gasteiger partial charge in [-0.2, -0.15) is 0 Å². The Kier molecular flexibility index (Phi) is 17.8. The van der Waals surface area contributed by atoms with Crippen molar-refractivity contribution >= 4 is 42.4 Å². The van der Waals surface area contributed by atoms with Crippen molar-refractivity contribution in [3.63, 3.8) is 0 Å². The van der Waals surface area contributed by atoms with Crippen LogP contribution >= 0.6 is 24.6 Å². The molecule has 0 aromatic heterocycles. The van der Waals surface area contributed by atoms with Crippen molar-refractivity contribution in [2.45, 2.75) is 83.1 Å². The predicted octanol–water partition coefficient (Wildman–Crippen LogP) is 9.81. The van der Waals surface area contributed by atoms with Crippen molar-refractivity contribution in [2.24, 2.45) is 0 Å². The fraction of sp³-hybridized carbons (Fsp3) is 0.342. The highest BCUT2D eigenvalue weighted by atomic mass is 32.2. The van der Waals surface area contributed by atoms with Gasteiger partial charge in [0.25, 0.3) is 0 Å². The molecule has 46 heavy (non-hydrogen) atoms. The maximum Gasteiger partial charge on any atom is 0.211 e. The second kappa shape index (κ2) is 21.3. The molecule has 4 aromatic rings. The summed E-state index contributed by atoms with van der Waals surface area (Å²) in [5.41, 5.74) is 8.16. The van der Waals surface area contributed by atoms with Gasteiger partial charge in [0, 0.05) is 22.0 Å². The molecule has 0 saturated heterocycles. The zero-order valence-electron chi connectivity index (χ0n) is 28.3. The number of nitrogens with one attached hydrogen (secondary N) is 3. The van der Waals surface area contributed by atoms with E-state index < -0.39 is 0 Å². The minimum atomic E-state index is 0.304. The number of benzene rings is 4. The fourth-order valence-corrected chi connectivity index (χ4v) is 5.89. The maximum atomic E-state index is 10.7. The molecule has 4 aromatic carbocycles. The van der Waals surface area contributed by atoms with E-state index in [9.17, 15) is 9.90 Å². The highest BCUT2D eigenvalue weighted by Gasteiger charge is 2.08. The normalized spacial score (nSPS) is 11.3. The molecule has 0 aliphatic carbocycles. The van der Waals surface area contributed by atoms with Gasteiger partial charge < -0.3 is 25.2 Å². The van der Waals surface area contributed by atoms with Crippen molar-refractivity contribution in [3.8, 4) is 11.5 Å². The monoisotopic (exact) mass is 661 g/mol. The molecule has 1 aliphatic rings. The summed E-state index contributed by atoms with van der Waals surface area (Å²) < 4.78 is 8.59. The first kappa shape index (κ1) is 38.6. The van der Waals surface area contributed by atoms with Gasteiger partial charge in [0.1, 0.15) is 11.5 Å². The molecule has 1 aliphatic heterocycles. The van der Waals surface area contributed by atoms with Crippen molar-refractivity contribution in [3.05, 3.63) is 107 Å². The zero-order chi connectivity index (χ0) is 33.9. The lowest BCUT2D eigenvalue weighted by molar-refractivity contribution is -0.105. The number of hydrogen-bond donors (Lipinski definition) is 5. The van der Waals surface area contributed by atoms with E-state index >= 15 is 0 Å². The first-order chi connectivity index (χ1) is 22.3. The van der Waals surface area contributed by atoms with Crippen LogP contribution in [-0.2, 0) is 24.2 Å². The second-order valence-corrected chi connectivity index (χ2v) is 12.2. The Morgan fingerprint density at radius 1 is 1.00 bits per heavy atom. The second-order valence-electron chi connectivity index (χ2n) is 10.8. The number of ether oxygens (including phenoxy) is 1. The predicted molar refractivity (Wildman–Crippen MR) is 200 cm³/mol. The molecule has 0 unspecified atom stereocenters. The average molecular weight is 662 g/mol. The maximum absolute atomic E-state index is 10.7. The molecule has 4 N–H and O–H groups in total. The number of hydrogen-bond acceptors (Lipinski definition) is 7. The number of phenolic OH excluding ortho intramolecular Hbond substituents is 1. The molecule has 248 valence electrons. The fourth-order valence-electron chi connectivity index (χ4n) is 4.82. The van der Waals surface area contributed by atoms with E-state index in [1.807, 2.05) is 63.2 Å². The number of anilines is 2. The van der Waals surface area contributed by atoms with Crippen LogP contribution in [0.15, 0.2) is 88.7 Å². The Morgan fingerprint density at radius 2 is 1.70 bits per heavy atom. The summed E-state index contributed by atoms with van der Waals surface area (Å²) in [5.74, 6) is 1.39. The van der Waals surface area contributed by atoms with Crippen LogP contribution in [0, 0.1) is 6.92 Å². The van der Waals surface area contributed by atoms with E-state index in [4.69, 9.17) is 4.74 Å². The Labute approximate surface area is 286 Å². The number of phenols is 1. The average Bonchev–Trinajstić information content (AvgIpc) is 3.08. The number of aromatic hydroxyl groups is 1. The van der Waals surface area contributed by atoms with Crippen LogP contribution in [-0.4, -0.2) is 25.2 Å². The van der Waals surface area contributed by atoms with E-state index in [1.165, 1.54) is 40.6 Å². The molecule has 6 nitrogen and oxygen atoms in total. The van der Waals surface area contributed by atoms with Gasteiger partial charge in [-0.15, -0.1) is 12.6 Å². The minimum absolute atomic E-state index is 0.304. The molecule has 1 amide bonds. The summed E-state index contributed by atoms with van der Waals surface area (Å²) >= 11 is 5.68. The number of para-hydroxylation sites is 1. The summed E-state index contributed by atoms with van der Waals surface area (Å²) in [6.07, 6.45) is 4.01. The van der Waals surface area contributed by atoms with Crippen LogP contribution in [0.4, 0.5) is 11.4 Å². The van der Waals surface area contributed by atoms with E-state index in [1.54, 1.807) is 7.11 Å². The minimum Gasteiger partial charge on any atom is -0.507 e. The van der Waals surface area contributed by atoms with Crippen molar-refractivity contribution in [1.82, 2.24) is 5.32 Å². The number of methoxy groups -OCH3 is 1. The molecule has 8 heteroatoms. The van der Waals surface area contributed by atoms with Crippen molar-refractivity contribution in [1.29, 1.82) is 0 Å². The summed E-state index contributed by atoms with van der Waals surface area (Å²) in [6, 6.07) is 26.5. The first-order valence-corrected chi connectivity index (χ1v) is 17.2. The molecule has 0 atom stereocenters. The van der Waals surface area contributed by atoms with E-state index in [2.05, 4.69) is 85.2 Å². The number of fused-ring (bicyclic) bond motifs is 1. The molecule has 0 radical (unpaired) electrons. The van der Waals surface area contributed by atoms with Gasteiger partial charge >= 0.3 is 0 Å². The van der Waals surface area contributed by atoms with Crippen LogP contribution < -0.4 is 20.1 Å². The van der Waals surface area contributed by atoms with Gasteiger partial charge in [0.2, 0.25) is 6.41 Å². The third-order valence-corrected chi connectivity index (χ3v) is 8.28. The number of aryl methyl sites for hydroxylation is 2. The highest BCUT2D eigenvalue weighted by Crippen LogP contribution is 2.32. The van der Waals surface area contributed by atoms with E-state index in [0.29, 0.717) is 34.4 Å². The van der Waals surface area contributed by atoms with Gasteiger partial charge in [-0.25, -0.2) is 0 Å². The quantitative estimate of drug-likeness (QED) is 0.0698. The van der Waals surface area contributed by atoms with Gasteiger partial charge in [0.05, 0.1) is 12.8 Å². The molecule has 0 saturated carbocycles. The standard InChI is InChI=1S/C17H20N2O2S.C10H14OS.C9H11N.C2H6/c1-12(2)14-6-4-5-7-15(14)19-22-13-8-9-17(21-3)16(10-13)18-11-20;1-3-4-8-5-7(2)10(11)9(12)6-8;1-2-4-9-7-10-6-5-8(9)3-1;1-2/h4-12,19H,1-3H3,(H,18,20);5-6,11-12H,3-4H2,1-2H3;1-4,10H,5-7H2;1-2H3. The zero-order valence-corrected chi connectivity index (χ0v) is 30.0. The topological polar surface area (TPSA) is 82.6 Å². The van der Waals surface area contributed by atoms with Crippen LogP contribution in [0.25, 0.3) is 0 Å². The Morgan fingerprint density at radius 3 is 2.33 bits per heavy atom. The van der Waals surface area contributed by atoms with Crippen LogP contribution in [0.1, 0.15) is 74.8 Å². The summed E-state index contributed by atoms with van der Waals surface area (Å²) in [5, 5.41) is 15.4. The van der Waals surface area contributed by atoms with Gasteiger partial charge in [-0.05, 0) is 102 Å². The van der Waals surface area contributed by atoms with Crippen LogP contribution in [0.2, 0.25) is 0 Å². The lowest BCUT2D eigenvalue weighted by Crippen LogP contribution is -2.23. The number of thiol groups is 1. The van der Waals surface area contributed by atoms with Gasteiger partial charge in [-0.1, -0.05) is 89.6 Å². The highest BCUT2D eigenvalue weighted by molar-refractivity contribution is 8.00. The van der Waals surface area contributed by atoms with Crippen LogP contribution in [0.3, 0.4) is 0 Å². The van der Waals surface area contributed by atoms with Gasteiger partial charge in [-0.3, -0.25) is 4.79 Å². The SMILES string of the molecule is CC.CCCc1cc(C)c(O)c(S)c1.COc1ccc(SNc2ccccc2C(C)C)cc1NC=O.c1ccc2c(c1)CCNC2. The molecular formula is C38H51N3O3S2. The third-order valence-electron chi connectivity index (χ3n) is 7.13. The smallest absolute Gasteiger partial charge is 0.211 e. The Bertz CT molecular complexity index is 1450. The molecule has 0 spiro atoms. The van der Waals surface area contributed by atoms with E-state index in [-0.39, 0.29) is 0 Å². The van der Waals surface area contributed by atoms with Crippen molar-refractivity contribution < 1.29 is 14.6 Å². The van der Waals surface area contributed by atoms with Crippen molar-refractivity contribution in [2.75, 3.05) is 23.7 Å². The largest absolute Gasteiger partial charge is 0.507 e. The third kappa shape index (κ3) is 12.3. The summed E-state index contributed by atoms with van der Waals surface area (Å²) in [6.45, 7) is 14.6. The number of carbonyl (C=O) groups excluding carboxylic acids is 1. The molecule has 0 bridgehead atoms. The number of rotatable bonds is 9. The molecule has 1 heterocycles. The number of amides is 1. The Hall–Kier alpha value is -3.59. The van der Waals surface area contributed by atoms with E-state index in [0.717, 1.165) is 42.1 Å².